The lowest BCUT2D eigenvalue weighted by molar-refractivity contribution is -0.160. The first-order chi connectivity index (χ1) is 10.7. The van der Waals surface area contributed by atoms with Crippen molar-refractivity contribution < 1.29 is 26.7 Å². The summed E-state index contributed by atoms with van der Waals surface area (Å²) >= 11 is 0. The van der Waals surface area contributed by atoms with Crippen molar-refractivity contribution in [2.45, 2.75) is 18.6 Å². The van der Waals surface area contributed by atoms with E-state index < -0.39 is 42.8 Å². The third-order valence-corrected chi connectivity index (χ3v) is 3.59. The quantitative estimate of drug-likeness (QED) is 0.862. The lowest BCUT2D eigenvalue weighted by Crippen LogP contribution is -2.47. The van der Waals surface area contributed by atoms with Crippen LogP contribution in [0.2, 0.25) is 0 Å². The molecule has 1 N–H and O–H groups in total. The Morgan fingerprint density at radius 2 is 2.00 bits per heavy atom. The molecule has 1 atom stereocenters. The zero-order chi connectivity index (χ0) is 17.2. The van der Waals surface area contributed by atoms with E-state index >= 15 is 0 Å². The van der Waals surface area contributed by atoms with Gasteiger partial charge in [-0.15, -0.1) is 0 Å². The molecular formula is C15H15F5N2O. The van der Waals surface area contributed by atoms with Gasteiger partial charge in [-0.05, 0) is 25.1 Å². The maximum atomic E-state index is 13.9. The van der Waals surface area contributed by atoms with E-state index in [4.69, 9.17) is 0 Å². The van der Waals surface area contributed by atoms with Gasteiger partial charge in [0.1, 0.15) is 6.54 Å². The highest BCUT2D eigenvalue weighted by Gasteiger charge is 2.36. The molecule has 2 rings (SSSR count). The largest absolute Gasteiger partial charge is 0.406 e. The van der Waals surface area contributed by atoms with E-state index in [1.54, 1.807) is 0 Å². The number of nitrogens with one attached hydrogen (secondary N) is 1. The highest BCUT2D eigenvalue weighted by atomic mass is 19.4. The van der Waals surface area contributed by atoms with Crippen molar-refractivity contribution in [2.75, 3.05) is 20.1 Å². The summed E-state index contributed by atoms with van der Waals surface area (Å²) in [6.07, 6.45) is -3.02. The Morgan fingerprint density at radius 1 is 1.30 bits per heavy atom. The number of benzene rings is 1. The van der Waals surface area contributed by atoms with Gasteiger partial charge >= 0.3 is 6.18 Å². The van der Waals surface area contributed by atoms with E-state index in [9.17, 15) is 26.7 Å². The Hall–Kier alpha value is -1.96. The van der Waals surface area contributed by atoms with Crippen molar-refractivity contribution in [1.82, 2.24) is 10.2 Å². The van der Waals surface area contributed by atoms with Gasteiger partial charge in [-0.2, -0.15) is 13.2 Å². The number of alkyl halides is 3. The number of likely N-dealkylation sites (N-methyl/N-ethyl adjacent to an activating group) is 1. The van der Waals surface area contributed by atoms with Crippen LogP contribution in [0.5, 0.6) is 0 Å². The molecule has 0 spiro atoms. The number of carbonyl (C=O) groups is 1. The third kappa shape index (κ3) is 4.07. The van der Waals surface area contributed by atoms with Crippen molar-refractivity contribution in [3.8, 4) is 0 Å². The van der Waals surface area contributed by atoms with E-state index in [0.29, 0.717) is 4.90 Å². The summed E-state index contributed by atoms with van der Waals surface area (Å²) in [6, 6.07) is 2.63. The Morgan fingerprint density at radius 3 is 2.61 bits per heavy atom. The highest BCUT2D eigenvalue weighted by molar-refractivity contribution is 5.86. The average molecular weight is 334 g/mol. The van der Waals surface area contributed by atoms with Gasteiger partial charge in [-0.1, -0.05) is 18.2 Å². The van der Waals surface area contributed by atoms with E-state index in [1.807, 2.05) is 0 Å². The number of hydrogen-bond acceptors (Lipinski definition) is 2. The fourth-order valence-electron chi connectivity index (χ4n) is 2.47. The highest BCUT2D eigenvalue weighted by Crippen LogP contribution is 2.27. The molecule has 1 aromatic rings. The SMILES string of the molecule is CN[C@H]1CC=C(c2cccc(F)c2F)CN(CC(F)(F)F)C1=O. The maximum absolute atomic E-state index is 13.9. The first-order valence-electron chi connectivity index (χ1n) is 6.89. The number of amides is 1. The van der Waals surface area contributed by atoms with Crippen molar-refractivity contribution in [2.24, 2.45) is 0 Å². The Labute approximate surface area is 129 Å². The molecule has 1 amide bonds. The van der Waals surface area contributed by atoms with Gasteiger partial charge in [-0.25, -0.2) is 8.78 Å². The predicted molar refractivity (Wildman–Crippen MR) is 74.4 cm³/mol. The molecule has 1 aliphatic heterocycles. The zero-order valence-electron chi connectivity index (χ0n) is 12.3. The molecule has 1 aliphatic rings. The van der Waals surface area contributed by atoms with Crippen molar-refractivity contribution >= 4 is 11.5 Å². The molecule has 126 valence electrons. The van der Waals surface area contributed by atoms with Crippen molar-refractivity contribution in [1.29, 1.82) is 0 Å². The van der Waals surface area contributed by atoms with Crippen LogP contribution in [0.15, 0.2) is 24.3 Å². The topological polar surface area (TPSA) is 32.3 Å². The zero-order valence-corrected chi connectivity index (χ0v) is 12.3. The molecule has 0 fully saturated rings. The third-order valence-electron chi connectivity index (χ3n) is 3.59. The number of hydrogen-bond donors (Lipinski definition) is 1. The summed E-state index contributed by atoms with van der Waals surface area (Å²) in [5.74, 6) is -2.96. The lowest BCUT2D eigenvalue weighted by Gasteiger charge is -2.26. The van der Waals surface area contributed by atoms with Gasteiger partial charge in [0, 0.05) is 12.1 Å². The number of halogens is 5. The fraction of sp³-hybridized carbons (Fsp3) is 0.400. The molecule has 0 aromatic heterocycles. The van der Waals surface area contributed by atoms with Crippen LogP contribution >= 0.6 is 0 Å². The summed E-state index contributed by atoms with van der Waals surface area (Å²) in [5, 5.41) is 2.64. The fourth-order valence-corrected chi connectivity index (χ4v) is 2.47. The van der Waals surface area contributed by atoms with Crippen molar-refractivity contribution in [3.05, 3.63) is 41.5 Å². The van der Waals surface area contributed by atoms with E-state index in [2.05, 4.69) is 5.32 Å². The minimum atomic E-state index is -4.58. The first-order valence-corrected chi connectivity index (χ1v) is 6.89. The number of rotatable bonds is 3. The van der Waals surface area contributed by atoms with Crippen LogP contribution in [0.4, 0.5) is 22.0 Å². The lowest BCUT2D eigenvalue weighted by atomic mass is 10.0. The molecule has 3 nitrogen and oxygen atoms in total. The second-order valence-corrected chi connectivity index (χ2v) is 5.22. The molecule has 1 heterocycles. The van der Waals surface area contributed by atoms with E-state index in [1.165, 1.54) is 25.3 Å². The van der Waals surface area contributed by atoms with Crippen LogP contribution < -0.4 is 5.32 Å². The smallest absolute Gasteiger partial charge is 0.328 e. The second-order valence-electron chi connectivity index (χ2n) is 5.22. The van der Waals surface area contributed by atoms with Gasteiger partial charge in [-0.3, -0.25) is 4.79 Å². The standard InChI is InChI=1S/C15H15F5N2O/c1-21-12-6-5-9(10-3-2-4-11(16)13(10)17)7-22(14(12)23)8-15(18,19)20/h2-5,12,21H,6-8H2,1H3/t12-/m0/s1. The molecule has 8 heteroatoms. The first kappa shape index (κ1) is 17.4. The van der Waals surface area contributed by atoms with Crippen molar-refractivity contribution in [3.63, 3.8) is 0 Å². The summed E-state index contributed by atoms with van der Waals surface area (Å²) in [6.45, 7) is -1.88. The molecule has 23 heavy (non-hydrogen) atoms. The molecular weight excluding hydrogens is 319 g/mol. The Balaban J connectivity index is 2.38. The van der Waals surface area contributed by atoms with Crippen LogP contribution in [0.25, 0.3) is 5.57 Å². The monoisotopic (exact) mass is 334 g/mol. The van der Waals surface area contributed by atoms with E-state index in [-0.39, 0.29) is 17.6 Å². The molecule has 0 aliphatic carbocycles. The summed E-state index contributed by atoms with van der Waals surface area (Å²) in [7, 11) is 1.45. The van der Waals surface area contributed by atoms with Crippen LogP contribution in [-0.4, -0.2) is 43.2 Å². The van der Waals surface area contributed by atoms with Crippen LogP contribution in [-0.2, 0) is 4.79 Å². The van der Waals surface area contributed by atoms with Gasteiger partial charge in [0.2, 0.25) is 5.91 Å². The number of nitrogens with zero attached hydrogens (tertiary/aromatic N) is 1. The Bertz CT molecular complexity index is 627. The molecule has 0 saturated carbocycles. The molecule has 0 saturated heterocycles. The minimum Gasteiger partial charge on any atom is -0.328 e. The van der Waals surface area contributed by atoms with Crippen LogP contribution in [0, 0.1) is 11.6 Å². The van der Waals surface area contributed by atoms with Gasteiger partial charge < -0.3 is 10.2 Å². The summed E-state index contributed by atoms with van der Waals surface area (Å²) < 4.78 is 65.3. The summed E-state index contributed by atoms with van der Waals surface area (Å²) in [5.41, 5.74) is 0.0130. The average Bonchev–Trinajstić information content (AvgIpc) is 2.60. The van der Waals surface area contributed by atoms with Gasteiger partial charge in [0.15, 0.2) is 11.6 Å². The molecule has 1 aromatic carbocycles. The Kier molecular flexibility index (Phi) is 5.03. The van der Waals surface area contributed by atoms with Gasteiger partial charge in [0.05, 0.1) is 6.04 Å². The minimum absolute atomic E-state index is 0.0922. The van der Waals surface area contributed by atoms with Crippen LogP contribution in [0.1, 0.15) is 12.0 Å². The summed E-state index contributed by atoms with van der Waals surface area (Å²) in [4.78, 5) is 12.7. The molecule has 0 unspecified atom stereocenters. The second kappa shape index (κ2) is 6.66. The van der Waals surface area contributed by atoms with Gasteiger partial charge in [0.25, 0.3) is 0 Å². The maximum Gasteiger partial charge on any atom is 0.406 e. The predicted octanol–water partition coefficient (Wildman–Crippen LogP) is 2.73. The molecule has 0 bridgehead atoms. The van der Waals surface area contributed by atoms with Crippen LogP contribution in [0.3, 0.4) is 0 Å². The van der Waals surface area contributed by atoms with E-state index in [0.717, 1.165) is 6.07 Å². The molecule has 0 radical (unpaired) electrons. The number of carbonyl (C=O) groups excluding carboxylic acids is 1. The normalized spacial score (nSPS) is 19.6.